The van der Waals surface area contributed by atoms with Gasteiger partial charge in [0, 0.05) is 25.7 Å². The van der Waals surface area contributed by atoms with E-state index in [9.17, 15) is 14.9 Å². The summed E-state index contributed by atoms with van der Waals surface area (Å²) >= 11 is 6.79. The Labute approximate surface area is 215 Å². The number of pyridine rings is 1. The summed E-state index contributed by atoms with van der Waals surface area (Å²) in [6, 6.07) is 9.58. The van der Waals surface area contributed by atoms with E-state index in [-0.39, 0.29) is 17.0 Å². The molecule has 2 aliphatic heterocycles. The quantitative estimate of drug-likeness (QED) is 0.442. The highest BCUT2D eigenvalue weighted by molar-refractivity contribution is 8.26. The van der Waals surface area contributed by atoms with Crippen LogP contribution in [0.15, 0.2) is 34.0 Å². The van der Waals surface area contributed by atoms with Crippen LogP contribution in [0.2, 0.25) is 0 Å². The summed E-state index contributed by atoms with van der Waals surface area (Å²) in [5.74, 6) is 1.94. The molecule has 0 atom stereocenters. The van der Waals surface area contributed by atoms with Crippen molar-refractivity contribution in [3.63, 3.8) is 0 Å². The number of hydrogen-bond donors (Lipinski definition) is 0. The van der Waals surface area contributed by atoms with E-state index in [1.807, 2.05) is 24.3 Å². The fourth-order valence-corrected chi connectivity index (χ4v) is 5.73. The minimum Gasteiger partial charge on any atom is -0.497 e. The van der Waals surface area contributed by atoms with E-state index in [1.165, 1.54) is 11.8 Å². The average molecular weight is 509 g/mol. The van der Waals surface area contributed by atoms with Crippen LogP contribution < -0.4 is 15.2 Å². The summed E-state index contributed by atoms with van der Waals surface area (Å²) in [4.78, 5) is 30.6. The Morgan fingerprint density at radius 2 is 1.89 bits per heavy atom. The molecular weight excluding hydrogens is 480 g/mol. The van der Waals surface area contributed by atoms with Crippen LogP contribution >= 0.6 is 24.0 Å². The van der Waals surface area contributed by atoms with Crippen LogP contribution in [0.4, 0.5) is 5.82 Å². The molecule has 1 amide bonds. The maximum absolute atomic E-state index is 13.4. The van der Waals surface area contributed by atoms with E-state index in [0.717, 1.165) is 48.6 Å². The minimum atomic E-state index is -0.317. The Morgan fingerprint density at radius 3 is 2.49 bits per heavy atom. The number of ether oxygens (including phenoxy) is 1. The average Bonchev–Trinajstić information content (AvgIpc) is 3.11. The standard InChI is InChI=1S/C26H28N4O3S2/c1-16-9-11-29(12-10-16)23-20(17(2)21(14-27)24(31)28(23)3)13-22-25(32)30(26(34)35-22)15-18-5-7-19(33-4)8-6-18/h5-8,13,16H,9-12,15H2,1-4H3. The van der Waals surface area contributed by atoms with Crippen molar-refractivity contribution < 1.29 is 9.53 Å². The number of nitrogens with zero attached hydrogens (tertiary/aromatic N) is 4. The number of carbonyl (C=O) groups excluding carboxylic acids is 1. The highest BCUT2D eigenvalue weighted by atomic mass is 32.2. The second-order valence-electron chi connectivity index (χ2n) is 9.00. The monoisotopic (exact) mass is 508 g/mol. The van der Waals surface area contributed by atoms with Crippen LogP contribution in [0.1, 0.15) is 42.0 Å². The van der Waals surface area contributed by atoms with E-state index in [2.05, 4.69) is 17.9 Å². The van der Waals surface area contributed by atoms with E-state index >= 15 is 0 Å². The number of nitriles is 1. The molecule has 182 valence electrons. The Hall–Kier alpha value is -3.09. The lowest BCUT2D eigenvalue weighted by molar-refractivity contribution is -0.122. The van der Waals surface area contributed by atoms with Gasteiger partial charge in [-0.05, 0) is 55.0 Å². The SMILES string of the molecule is COc1ccc(CN2C(=O)C(=Cc3c(C)c(C#N)c(=O)n(C)c3N3CCC(C)CC3)SC2=S)cc1. The zero-order chi connectivity index (χ0) is 25.3. The molecule has 0 spiro atoms. The van der Waals surface area contributed by atoms with Gasteiger partial charge in [-0.15, -0.1) is 0 Å². The summed E-state index contributed by atoms with van der Waals surface area (Å²) in [7, 11) is 3.31. The highest BCUT2D eigenvalue weighted by Crippen LogP contribution is 2.37. The van der Waals surface area contributed by atoms with Crippen LogP contribution in [-0.2, 0) is 18.4 Å². The Kier molecular flexibility index (Phi) is 7.33. The number of thioether (sulfide) groups is 1. The molecule has 4 rings (SSSR count). The van der Waals surface area contributed by atoms with Crippen molar-refractivity contribution in [1.82, 2.24) is 9.47 Å². The first-order chi connectivity index (χ1) is 16.7. The minimum absolute atomic E-state index is 0.0987. The van der Waals surface area contributed by atoms with Crippen molar-refractivity contribution in [2.75, 3.05) is 25.1 Å². The van der Waals surface area contributed by atoms with Gasteiger partial charge in [-0.2, -0.15) is 5.26 Å². The molecule has 0 aliphatic carbocycles. The van der Waals surface area contributed by atoms with E-state index in [4.69, 9.17) is 17.0 Å². The smallest absolute Gasteiger partial charge is 0.270 e. The van der Waals surface area contributed by atoms with Gasteiger partial charge in [0.2, 0.25) is 0 Å². The summed E-state index contributed by atoms with van der Waals surface area (Å²) in [6.07, 6.45) is 3.85. The Bertz CT molecular complexity index is 1300. The molecule has 7 nitrogen and oxygen atoms in total. The Balaban J connectivity index is 1.73. The van der Waals surface area contributed by atoms with Crippen LogP contribution in [0.3, 0.4) is 0 Å². The number of anilines is 1. The molecule has 0 radical (unpaired) electrons. The lowest BCUT2D eigenvalue weighted by Gasteiger charge is -2.34. The van der Waals surface area contributed by atoms with Crippen molar-refractivity contribution >= 4 is 46.1 Å². The first kappa shape index (κ1) is 25.0. The topological polar surface area (TPSA) is 78.6 Å². The number of benzene rings is 1. The zero-order valence-corrected chi connectivity index (χ0v) is 22.0. The first-order valence-electron chi connectivity index (χ1n) is 11.5. The van der Waals surface area contributed by atoms with Gasteiger partial charge < -0.3 is 9.64 Å². The van der Waals surface area contributed by atoms with Crippen LogP contribution in [0.25, 0.3) is 6.08 Å². The molecule has 35 heavy (non-hydrogen) atoms. The van der Waals surface area contributed by atoms with Gasteiger partial charge >= 0.3 is 0 Å². The molecular formula is C26H28N4O3S2. The third-order valence-electron chi connectivity index (χ3n) is 6.70. The molecule has 0 unspecified atom stereocenters. The molecule has 2 aliphatic rings. The van der Waals surface area contributed by atoms with Gasteiger partial charge in [0.25, 0.3) is 11.5 Å². The first-order valence-corrected chi connectivity index (χ1v) is 12.7. The zero-order valence-electron chi connectivity index (χ0n) is 20.3. The second kappa shape index (κ2) is 10.3. The van der Waals surface area contributed by atoms with Gasteiger partial charge in [0.15, 0.2) is 0 Å². The number of hydrogen-bond acceptors (Lipinski definition) is 7. The fraction of sp³-hybridized carbons (Fsp3) is 0.385. The summed E-state index contributed by atoms with van der Waals surface area (Å²) in [6.45, 7) is 6.01. The molecule has 3 heterocycles. The predicted octanol–water partition coefficient (Wildman–Crippen LogP) is 4.21. The molecule has 1 aromatic carbocycles. The molecule has 2 fully saturated rings. The van der Waals surface area contributed by atoms with Crippen LogP contribution in [0.5, 0.6) is 5.75 Å². The molecule has 2 saturated heterocycles. The second-order valence-corrected chi connectivity index (χ2v) is 10.7. The van der Waals surface area contributed by atoms with Gasteiger partial charge in [0.05, 0.1) is 18.6 Å². The molecule has 1 aromatic heterocycles. The lowest BCUT2D eigenvalue weighted by atomic mass is 9.97. The van der Waals surface area contributed by atoms with Gasteiger partial charge in [-0.1, -0.05) is 43.0 Å². The molecule has 2 aromatic rings. The highest BCUT2D eigenvalue weighted by Gasteiger charge is 2.33. The maximum atomic E-state index is 13.4. The molecule has 0 saturated carbocycles. The molecule has 9 heteroatoms. The van der Waals surface area contributed by atoms with Crippen molar-refractivity contribution in [1.29, 1.82) is 5.26 Å². The van der Waals surface area contributed by atoms with Crippen molar-refractivity contribution in [3.05, 3.63) is 61.8 Å². The Morgan fingerprint density at radius 1 is 1.23 bits per heavy atom. The number of aromatic nitrogens is 1. The maximum Gasteiger partial charge on any atom is 0.270 e. The van der Waals surface area contributed by atoms with Gasteiger partial charge in [-0.3, -0.25) is 19.1 Å². The number of rotatable bonds is 5. The largest absolute Gasteiger partial charge is 0.497 e. The number of carbonyl (C=O) groups is 1. The van der Waals surface area contributed by atoms with E-state index in [1.54, 1.807) is 36.6 Å². The normalized spacial score (nSPS) is 17.9. The summed E-state index contributed by atoms with van der Waals surface area (Å²) in [5.41, 5.74) is 2.04. The lowest BCUT2D eigenvalue weighted by Crippen LogP contribution is -2.38. The van der Waals surface area contributed by atoms with E-state index < -0.39 is 0 Å². The molecule has 0 N–H and O–H groups in total. The number of thiocarbonyl (C=S) groups is 1. The summed E-state index contributed by atoms with van der Waals surface area (Å²) in [5, 5.41) is 9.67. The number of piperidine rings is 1. The number of methoxy groups -OCH3 is 1. The van der Waals surface area contributed by atoms with Crippen LogP contribution in [0, 0.1) is 24.2 Å². The third kappa shape index (κ3) is 4.86. The van der Waals surface area contributed by atoms with Crippen molar-refractivity contribution in [3.8, 4) is 11.8 Å². The third-order valence-corrected chi connectivity index (χ3v) is 8.08. The number of amides is 1. The van der Waals surface area contributed by atoms with Crippen LogP contribution in [-0.4, -0.2) is 39.9 Å². The van der Waals surface area contributed by atoms with Crippen molar-refractivity contribution in [2.24, 2.45) is 13.0 Å². The fourth-order valence-electron chi connectivity index (χ4n) is 4.50. The van der Waals surface area contributed by atoms with Crippen molar-refractivity contribution in [2.45, 2.75) is 33.2 Å². The molecule has 0 bridgehead atoms. The predicted molar refractivity (Wildman–Crippen MR) is 143 cm³/mol. The van der Waals surface area contributed by atoms with Gasteiger partial charge in [-0.25, -0.2) is 0 Å². The van der Waals surface area contributed by atoms with Gasteiger partial charge in [0.1, 0.15) is 27.5 Å². The van der Waals surface area contributed by atoms with E-state index in [0.29, 0.717) is 27.3 Å². The summed E-state index contributed by atoms with van der Waals surface area (Å²) < 4.78 is 7.24.